The highest BCUT2D eigenvalue weighted by molar-refractivity contribution is 5.25. The maximum Gasteiger partial charge on any atom is 0.416 e. The van der Waals surface area contributed by atoms with Gasteiger partial charge < -0.3 is 4.52 Å². The van der Waals surface area contributed by atoms with E-state index in [0.29, 0.717) is 23.9 Å². The molecule has 0 unspecified atom stereocenters. The topological polar surface area (TPSA) is 42.2 Å². The van der Waals surface area contributed by atoms with E-state index in [0.717, 1.165) is 44.2 Å². The van der Waals surface area contributed by atoms with Crippen LogP contribution in [0.1, 0.15) is 35.7 Å². The average molecular weight is 339 g/mol. The first-order valence-electron chi connectivity index (χ1n) is 8.08. The Balaban J connectivity index is 1.52. The lowest BCUT2D eigenvalue weighted by Gasteiger charge is -2.31. The number of aromatic nitrogens is 2. The molecule has 0 saturated carbocycles. The van der Waals surface area contributed by atoms with Crippen LogP contribution in [0.3, 0.4) is 0 Å². The number of hydrogen-bond acceptors (Lipinski definition) is 4. The molecule has 1 aliphatic rings. The maximum atomic E-state index is 12.8. The van der Waals surface area contributed by atoms with Crippen molar-refractivity contribution in [2.24, 2.45) is 5.92 Å². The number of likely N-dealkylation sites (tertiary alicyclic amines) is 1. The van der Waals surface area contributed by atoms with Crippen LogP contribution in [0.15, 0.2) is 28.8 Å². The molecule has 2 heterocycles. The lowest BCUT2D eigenvalue weighted by Crippen LogP contribution is -2.34. The monoisotopic (exact) mass is 339 g/mol. The fraction of sp³-hybridized carbons (Fsp3) is 0.529. The molecule has 130 valence electrons. The van der Waals surface area contributed by atoms with Gasteiger partial charge >= 0.3 is 6.18 Å². The summed E-state index contributed by atoms with van der Waals surface area (Å²) in [6, 6.07) is 5.59. The van der Waals surface area contributed by atoms with Crippen molar-refractivity contribution >= 4 is 0 Å². The van der Waals surface area contributed by atoms with Gasteiger partial charge in [0.1, 0.15) is 0 Å². The molecule has 0 atom stereocenters. The van der Waals surface area contributed by atoms with Crippen LogP contribution in [0.4, 0.5) is 13.2 Å². The van der Waals surface area contributed by atoms with Gasteiger partial charge in [-0.25, -0.2) is 0 Å². The van der Waals surface area contributed by atoms with E-state index in [-0.39, 0.29) is 0 Å². The second kappa shape index (κ2) is 6.93. The third kappa shape index (κ3) is 4.35. The van der Waals surface area contributed by atoms with Crippen molar-refractivity contribution in [1.82, 2.24) is 15.0 Å². The Bertz CT molecular complexity index is 676. The Morgan fingerprint density at radius 3 is 2.62 bits per heavy atom. The Labute approximate surface area is 138 Å². The highest BCUT2D eigenvalue weighted by atomic mass is 19.4. The van der Waals surface area contributed by atoms with E-state index in [1.807, 2.05) is 0 Å². The molecule has 1 aromatic carbocycles. The van der Waals surface area contributed by atoms with Gasteiger partial charge in [-0.15, -0.1) is 0 Å². The molecule has 1 aromatic heterocycles. The highest BCUT2D eigenvalue weighted by Crippen LogP contribution is 2.30. The lowest BCUT2D eigenvalue weighted by molar-refractivity contribution is -0.137. The van der Waals surface area contributed by atoms with Crippen LogP contribution in [0.25, 0.3) is 0 Å². The van der Waals surface area contributed by atoms with Crippen molar-refractivity contribution in [3.05, 3.63) is 47.1 Å². The molecule has 3 rings (SSSR count). The van der Waals surface area contributed by atoms with Crippen molar-refractivity contribution in [1.29, 1.82) is 0 Å². The number of aryl methyl sites for hydroxylation is 1. The van der Waals surface area contributed by atoms with Gasteiger partial charge in [0.2, 0.25) is 5.89 Å². The predicted molar refractivity (Wildman–Crippen MR) is 82.2 cm³/mol. The summed E-state index contributed by atoms with van der Waals surface area (Å²) in [6.45, 7) is 4.07. The molecule has 0 amide bonds. The fourth-order valence-electron chi connectivity index (χ4n) is 3.14. The van der Waals surface area contributed by atoms with Gasteiger partial charge in [-0.2, -0.15) is 18.2 Å². The Morgan fingerprint density at radius 2 is 2.00 bits per heavy atom. The minimum absolute atomic E-state index is 0.500. The van der Waals surface area contributed by atoms with Crippen molar-refractivity contribution in [2.75, 3.05) is 13.1 Å². The molecule has 1 saturated heterocycles. The van der Waals surface area contributed by atoms with E-state index >= 15 is 0 Å². The largest absolute Gasteiger partial charge is 0.416 e. The summed E-state index contributed by atoms with van der Waals surface area (Å²) in [4.78, 5) is 6.43. The van der Waals surface area contributed by atoms with E-state index in [2.05, 4.69) is 15.0 Å². The van der Waals surface area contributed by atoms with Crippen molar-refractivity contribution < 1.29 is 17.7 Å². The number of hydrogen-bond donors (Lipinski definition) is 0. The second-order valence-corrected chi connectivity index (χ2v) is 6.35. The van der Waals surface area contributed by atoms with Crippen LogP contribution in [-0.2, 0) is 19.1 Å². The smallest absolute Gasteiger partial charge is 0.340 e. The molecule has 0 spiro atoms. The van der Waals surface area contributed by atoms with Crippen molar-refractivity contribution in [3.63, 3.8) is 0 Å². The predicted octanol–water partition coefficient (Wildman–Crippen LogP) is 3.85. The molecule has 4 nitrogen and oxygen atoms in total. The normalized spacial score (nSPS) is 17.3. The van der Waals surface area contributed by atoms with E-state index in [9.17, 15) is 13.2 Å². The standard InChI is InChI=1S/C17H20F3N3O/c1-12-21-16(22-24-12)10-13-5-7-23(8-6-13)11-14-3-2-4-15(9-14)17(18,19)20/h2-4,9,13H,5-8,10-11H2,1H3. The van der Waals surface area contributed by atoms with Gasteiger partial charge in [-0.05, 0) is 43.5 Å². The first-order valence-corrected chi connectivity index (χ1v) is 8.08. The maximum absolute atomic E-state index is 12.8. The van der Waals surface area contributed by atoms with Crippen LogP contribution in [0.5, 0.6) is 0 Å². The molecule has 0 bridgehead atoms. The molecule has 7 heteroatoms. The summed E-state index contributed by atoms with van der Waals surface area (Å²) >= 11 is 0. The van der Waals surface area contributed by atoms with Gasteiger partial charge in [0.25, 0.3) is 0 Å². The molecule has 1 fully saturated rings. The number of benzene rings is 1. The third-order valence-corrected chi connectivity index (χ3v) is 4.41. The Morgan fingerprint density at radius 1 is 1.25 bits per heavy atom. The summed E-state index contributed by atoms with van der Waals surface area (Å²) < 4.78 is 43.3. The van der Waals surface area contributed by atoms with Gasteiger partial charge in [0.15, 0.2) is 5.82 Å². The van der Waals surface area contributed by atoms with E-state index in [1.165, 1.54) is 12.1 Å². The quantitative estimate of drug-likeness (QED) is 0.848. The minimum Gasteiger partial charge on any atom is -0.340 e. The molecular weight excluding hydrogens is 319 g/mol. The Hall–Kier alpha value is -1.89. The molecule has 1 aliphatic heterocycles. The number of alkyl halides is 3. The van der Waals surface area contributed by atoms with Crippen LogP contribution in [-0.4, -0.2) is 28.1 Å². The summed E-state index contributed by atoms with van der Waals surface area (Å²) in [5.41, 5.74) is 0.124. The highest BCUT2D eigenvalue weighted by Gasteiger charge is 2.30. The summed E-state index contributed by atoms with van der Waals surface area (Å²) in [7, 11) is 0. The molecule has 2 aromatic rings. The molecule has 0 radical (unpaired) electrons. The first kappa shape index (κ1) is 17.0. The summed E-state index contributed by atoms with van der Waals surface area (Å²) in [5.74, 6) is 1.82. The van der Waals surface area contributed by atoms with E-state index in [4.69, 9.17) is 4.52 Å². The number of nitrogens with zero attached hydrogens (tertiary/aromatic N) is 3. The van der Waals surface area contributed by atoms with Gasteiger partial charge in [-0.1, -0.05) is 23.4 Å². The molecule has 0 N–H and O–H groups in total. The zero-order chi connectivity index (χ0) is 17.2. The van der Waals surface area contributed by atoms with Gasteiger partial charge in [0.05, 0.1) is 5.56 Å². The first-order chi connectivity index (χ1) is 11.4. The van der Waals surface area contributed by atoms with E-state index < -0.39 is 11.7 Å². The molecule has 24 heavy (non-hydrogen) atoms. The second-order valence-electron chi connectivity index (χ2n) is 6.35. The minimum atomic E-state index is -4.29. The van der Waals surface area contributed by atoms with Crippen LogP contribution < -0.4 is 0 Å². The summed E-state index contributed by atoms with van der Waals surface area (Å²) in [5, 5.41) is 3.92. The van der Waals surface area contributed by atoms with E-state index in [1.54, 1.807) is 13.0 Å². The van der Waals surface area contributed by atoms with Gasteiger partial charge in [-0.3, -0.25) is 4.90 Å². The number of piperidine rings is 1. The van der Waals surface area contributed by atoms with Crippen molar-refractivity contribution in [3.8, 4) is 0 Å². The molecular formula is C17H20F3N3O. The van der Waals surface area contributed by atoms with Crippen molar-refractivity contribution in [2.45, 2.75) is 38.9 Å². The molecule has 0 aliphatic carbocycles. The zero-order valence-electron chi connectivity index (χ0n) is 13.5. The van der Waals surface area contributed by atoms with Crippen LogP contribution in [0, 0.1) is 12.8 Å². The van der Waals surface area contributed by atoms with Crippen LogP contribution in [0.2, 0.25) is 0 Å². The van der Waals surface area contributed by atoms with Gasteiger partial charge in [0, 0.05) is 19.9 Å². The lowest BCUT2D eigenvalue weighted by atomic mass is 9.93. The number of rotatable bonds is 4. The van der Waals surface area contributed by atoms with Crippen LogP contribution >= 0.6 is 0 Å². The summed E-state index contributed by atoms with van der Waals surface area (Å²) in [6.07, 6.45) is -1.50. The number of halogens is 3. The average Bonchev–Trinajstić information content (AvgIpc) is 2.94. The zero-order valence-corrected chi connectivity index (χ0v) is 13.5. The fourth-order valence-corrected chi connectivity index (χ4v) is 3.14. The SMILES string of the molecule is Cc1nc(CC2CCN(Cc3cccc(C(F)(F)F)c3)CC2)no1. The Kier molecular flexibility index (Phi) is 4.89. The third-order valence-electron chi connectivity index (χ3n) is 4.41.